The van der Waals surface area contributed by atoms with Crippen molar-refractivity contribution in [2.75, 3.05) is 20.2 Å². The number of carbonyl (C=O) groups is 1. The minimum Gasteiger partial charge on any atom is -0.496 e. The van der Waals surface area contributed by atoms with E-state index in [0.717, 1.165) is 39.5 Å². The van der Waals surface area contributed by atoms with Gasteiger partial charge < -0.3 is 19.1 Å². The highest BCUT2D eigenvalue weighted by Gasteiger charge is 2.23. The molecule has 0 atom stereocenters. The van der Waals surface area contributed by atoms with Crippen molar-refractivity contribution in [2.45, 2.75) is 32.6 Å². The summed E-state index contributed by atoms with van der Waals surface area (Å²) in [5.41, 5.74) is 4.22. The van der Waals surface area contributed by atoms with Crippen LogP contribution in [0.15, 0.2) is 56.7 Å². The monoisotopic (exact) mass is 477 g/mol. The number of amides is 1. The third-order valence-corrected chi connectivity index (χ3v) is 6.89. The van der Waals surface area contributed by atoms with Crippen molar-refractivity contribution < 1.29 is 14.1 Å². The zero-order valence-electron chi connectivity index (χ0n) is 19.9. The zero-order chi connectivity index (χ0) is 24.4. The molecule has 1 N–H and O–H groups in total. The lowest BCUT2D eigenvalue weighted by Crippen LogP contribution is -2.27. The SMILES string of the molecule is CCN(CC)C(=O)Sc1c(-c2ccccc2)c2cc(OC)c(-c3c(C)noc3C)cc2[nH]c1=O. The third-order valence-electron chi connectivity index (χ3n) is 5.87. The van der Waals surface area contributed by atoms with Gasteiger partial charge in [0.25, 0.3) is 10.8 Å². The Morgan fingerprint density at radius 2 is 1.82 bits per heavy atom. The van der Waals surface area contributed by atoms with E-state index in [2.05, 4.69) is 10.1 Å². The summed E-state index contributed by atoms with van der Waals surface area (Å²) in [6, 6.07) is 13.4. The number of hydrogen-bond acceptors (Lipinski definition) is 6. The maximum atomic E-state index is 13.3. The molecule has 0 spiro atoms. The zero-order valence-corrected chi connectivity index (χ0v) is 20.7. The molecule has 0 radical (unpaired) electrons. The van der Waals surface area contributed by atoms with Gasteiger partial charge in [-0.2, -0.15) is 0 Å². The van der Waals surface area contributed by atoms with Gasteiger partial charge in [0.2, 0.25) is 0 Å². The summed E-state index contributed by atoms with van der Waals surface area (Å²) in [5, 5.41) is 4.69. The van der Waals surface area contributed by atoms with Gasteiger partial charge >= 0.3 is 0 Å². The summed E-state index contributed by atoms with van der Waals surface area (Å²) in [6.07, 6.45) is 0. The Bertz CT molecular complexity index is 1390. The molecule has 0 aliphatic rings. The van der Waals surface area contributed by atoms with Crippen LogP contribution in [0.2, 0.25) is 0 Å². The first-order valence-corrected chi connectivity index (χ1v) is 11.9. The maximum Gasteiger partial charge on any atom is 0.286 e. The van der Waals surface area contributed by atoms with Crippen LogP contribution in [0.3, 0.4) is 0 Å². The molecule has 1 amide bonds. The van der Waals surface area contributed by atoms with Gasteiger partial charge in [-0.15, -0.1) is 0 Å². The number of fused-ring (bicyclic) bond motifs is 1. The van der Waals surface area contributed by atoms with Crippen LogP contribution < -0.4 is 10.3 Å². The van der Waals surface area contributed by atoms with Gasteiger partial charge in [0.1, 0.15) is 11.5 Å². The van der Waals surface area contributed by atoms with E-state index < -0.39 is 0 Å². The van der Waals surface area contributed by atoms with Gasteiger partial charge in [-0.25, -0.2) is 0 Å². The minimum atomic E-state index is -0.313. The highest BCUT2D eigenvalue weighted by molar-refractivity contribution is 8.13. The third kappa shape index (κ3) is 4.21. The summed E-state index contributed by atoms with van der Waals surface area (Å²) in [7, 11) is 1.61. The molecule has 2 aromatic heterocycles. The molecular weight excluding hydrogens is 450 g/mol. The maximum absolute atomic E-state index is 13.3. The van der Waals surface area contributed by atoms with Gasteiger partial charge in [-0.3, -0.25) is 9.59 Å². The highest BCUT2D eigenvalue weighted by atomic mass is 32.2. The van der Waals surface area contributed by atoms with E-state index in [1.807, 2.05) is 70.2 Å². The van der Waals surface area contributed by atoms with Gasteiger partial charge in [0, 0.05) is 35.1 Å². The van der Waals surface area contributed by atoms with E-state index in [4.69, 9.17) is 9.26 Å². The van der Waals surface area contributed by atoms with E-state index >= 15 is 0 Å². The normalized spacial score (nSPS) is 11.1. The molecule has 7 nitrogen and oxygen atoms in total. The first kappa shape index (κ1) is 23.6. The molecular formula is C26H27N3O4S. The number of thioether (sulfide) groups is 1. The Hall–Kier alpha value is -3.52. The first-order chi connectivity index (χ1) is 16.4. The average Bonchev–Trinajstić information content (AvgIpc) is 3.17. The number of rotatable bonds is 6. The lowest BCUT2D eigenvalue weighted by molar-refractivity contribution is 0.228. The fraction of sp³-hybridized carbons (Fsp3) is 0.269. The van der Waals surface area contributed by atoms with Crippen LogP contribution >= 0.6 is 11.8 Å². The number of methoxy groups -OCH3 is 1. The highest BCUT2D eigenvalue weighted by Crippen LogP contribution is 2.42. The number of aryl methyl sites for hydroxylation is 2. The van der Waals surface area contributed by atoms with Crippen LogP contribution in [0.4, 0.5) is 4.79 Å². The standard InChI is InChI=1S/C26H27N3O4S/c1-6-29(7-2)26(31)34-24-23(17-11-9-8-10-12-17)18-14-21(32-5)19(13-20(18)27-25(24)30)22-15(3)28-33-16(22)4/h8-14H,6-7H2,1-5H3,(H,27,30). The molecule has 176 valence electrons. The largest absolute Gasteiger partial charge is 0.496 e. The van der Waals surface area contributed by atoms with Crippen LogP contribution in [0.25, 0.3) is 33.2 Å². The lowest BCUT2D eigenvalue weighted by atomic mass is 9.96. The van der Waals surface area contributed by atoms with Crippen LogP contribution in [-0.4, -0.2) is 40.5 Å². The summed E-state index contributed by atoms with van der Waals surface area (Å²) < 4.78 is 11.1. The Morgan fingerprint density at radius 1 is 1.12 bits per heavy atom. The number of hydrogen-bond donors (Lipinski definition) is 1. The average molecular weight is 478 g/mol. The quantitative estimate of drug-likeness (QED) is 0.341. The number of nitrogens with zero attached hydrogens (tertiary/aromatic N) is 2. The van der Waals surface area contributed by atoms with Crippen molar-refractivity contribution in [3.8, 4) is 28.0 Å². The molecule has 2 aromatic carbocycles. The molecule has 0 saturated heterocycles. The van der Waals surface area contributed by atoms with Gasteiger partial charge in [-0.05, 0) is 57.2 Å². The van der Waals surface area contributed by atoms with Gasteiger partial charge in [0.05, 0.1) is 23.3 Å². The Kier molecular flexibility index (Phi) is 6.79. The summed E-state index contributed by atoms with van der Waals surface area (Å²) in [4.78, 5) is 31.3. The minimum absolute atomic E-state index is 0.161. The van der Waals surface area contributed by atoms with Crippen molar-refractivity contribution in [2.24, 2.45) is 0 Å². The van der Waals surface area contributed by atoms with E-state index in [1.165, 1.54) is 0 Å². The molecule has 0 unspecified atom stereocenters. The molecule has 8 heteroatoms. The van der Waals surface area contributed by atoms with E-state index in [-0.39, 0.29) is 10.8 Å². The van der Waals surface area contributed by atoms with Gasteiger partial charge in [0.15, 0.2) is 0 Å². The van der Waals surface area contributed by atoms with Crippen molar-refractivity contribution in [3.05, 3.63) is 64.3 Å². The van der Waals surface area contributed by atoms with Crippen LogP contribution in [0.1, 0.15) is 25.3 Å². The Morgan fingerprint density at radius 3 is 2.41 bits per heavy atom. The summed E-state index contributed by atoms with van der Waals surface area (Å²) in [6.45, 7) is 8.70. The lowest BCUT2D eigenvalue weighted by Gasteiger charge is -2.19. The van der Waals surface area contributed by atoms with Gasteiger partial charge in [-0.1, -0.05) is 35.5 Å². The van der Waals surface area contributed by atoms with Crippen molar-refractivity contribution in [1.29, 1.82) is 0 Å². The second kappa shape index (κ2) is 9.77. The number of carbonyl (C=O) groups excluding carboxylic acids is 1. The molecule has 4 aromatic rings. The number of pyridine rings is 1. The molecule has 0 fully saturated rings. The number of benzene rings is 2. The van der Waals surface area contributed by atoms with E-state index in [9.17, 15) is 9.59 Å². The molecule has 4 rings (SSSR count). The first-order valence-electron chi connectivity index (χ1n) is 11.1. The topological polar surface area (TPSA) is 88.4 Å². The van der Waals surface area contributed by atoms with Crippen LogP contribution in [0, 0.1) is 13.8 Å². The molecule has 34 heavy (non-hydrogen) atoms. The smallest absolute Gasteiger partial charge is 0.286 e. The van der Waals surface area contributed by atoms with E-state index in [0.29, 0.717) is 40.6 Å². The molecule has 0 aliphatic carbocycles. The predicted octanol–water partition coefficient (Wildman–Crippen LogP) is 6.03. The van der Waals surface area contributed by atoms with Crippen LogP contribution in [0.5, 0.6) is 5.75 Å². The number of aromatic amines is 1. The number of H-pyrrole nitrogens is 1. The fourth-order valence-electron chi connectivity index (χ4n) is 4.16. The van der Waals surface area contributed by atoms with Crippen molar-refractivity contribution in [3.63, 3.8) is 0 Å². The Balaban J connectivity index is 2.02. The number of ether oxygens (including phenoxy) is 1. The van der Waals surface area contributed by atoms with Crippen molar-refractivity contribution >= 4 is 27.9 Å². The second-order valence-corrected chi connectivity index (χ2v) is 8.82. The summed E-state index contributed by atoms with van der Waals surface area (Å²) >= 11 is 0.962. The predicted molar refractivity (Wildman–Crippen MR) is 136 cm³/mol. The van der Waals surface area contributed by atoms with Crippen molar-refractivity contribution in [1.82, 2.24) is 15.0 Å². The second-order valence-electron chi connectivity index (χ2n) is 7.86. The number of nitrogens with one attached hydrogen (secondary N) is 1. The van der Waals surface area contributed by atoms with E-state index in [1.54, 1.807) is 12.0 Å². The molecule has 0 aliphatic heterocycles. The van der Waals surface area contributed by atoms with Crippen LogP contribution in [-0.2, 0) is 0 Å². The number of aromatic nitrogens is 2. The Labute approximate surface area is 202 Å². The molecule has 0 bridgehead atoms. The fourth-order valence-corrected chi connectivity index (χ4v) is 5.19. The summed E-state index contributed by atoms with van der Waals surface area (Å²) in [5.74, 6) is 1.29. The molecule has 2 heterocycles. The molecule has 0 saturated carbocycles.